The first-order chi connectivity index (χ1) is 9.72. The van der Waals surface area contributed by atoms with Crippen molar-refractivity contribution < 1.29 is 4.74 Å². The van der Waals surface area contributed by atoms with Gasteiger partial charge in [0.2, 0.25) is 0 Å². The van der Waals surface area contributed by atoms with E-state index in [1.54, 1.807) is 13.3 Å². The number of hydrogen-bond acceptors (Lipinski definition) is 4. The van der Waals surface area contributed by atoms with Crippen LogP contribution in [0.15, 0.2) is 36.7 Å². The zero-order valence-corrected chi connectivity index (χ0v) is 12.4. The van der Waals surface area contributed by atoms with Gasteiger partial charge in [-0.15, -0.1) is 0 Å². The third-order valence-corrected chi connectivity index (χ3v) is 3.20. The average Bonchev–Trinajstić information content (AvgIpc) is 2.47. The monoisotopic (exact) mass is 291 g/mol. The highest BCUT2D eigenvalue weighted by Crippen LogP contribution is 2.25. The minimum Gasteiger partial charge on any atom is -0.497 e. The fourth-order valence-electron chi connectivity index (χ4n) is 2.04. The molecule has 1 aromatic carbocycles. The maximum Gasteiger partial charge on any atom is 0.149 e. The van der Waals surface area contributed by atoms with E-state index >= 15 is 0 Å². The SMILES string of the molecule is CCCC(Nc1cncc(Cl)n1)c1ccc(OC)cc1. The van der Waals surface area contributed by atoms with Gasteiger partial charge in [0.05, 0.1) is 25.5 Å². The Morgan fingerprint density at radius 2 is 2.00 bits per heavy atom. The molecule has 4 nitrogen and oxygen atoms in total. The Bertz CT molecular complexity index is 545. The second-order valence-corrected chi connectivity index (χ2v) is 4.87. The summed E-state index contributed by atoms with van der Waals surface area (Å²) >= 11 is 5.86. The molecule has 2 aromatic rings. The van der Waals surface area contributed by atoms with Gasteiger partial charge in [-0.3, -0.25) is 4.98 Å². The maximum atomic E-state index is 5.86. The number of halogens is 1. The Hall–Kier alpha value is -1.81. The number of rotatable bonds is 6. The number of nitrogens with zero attached hydrogens (tertiary/aromatic N) is 2. The number of anilines is 1. The molecule has 0 aliphatic rings. The molecule has 1 aromatic heterocycles. The van der Waals surface area contributed by atoms with Crippen LogP contribution >= 0.6 is 11.6 Å². The number of nitrogens with one attached hydrogen (secondary N) is 1. The zero-order valence-electron chi connectivity index (χ0n) is 11.6. The molecule has 0 radical (unpaired) electrons. The lowest BCUT2D eigenvalue weighted by Crippen LogP contribution is -2.11. The fourth-order valence-corrected chi connectivity index (χ4v) is 2.18. The van der Waals surface area contributed by atoms with Gasteiger partial charge >= 0.3 is 0 Å². The predicted octanol–water partition coefficient (Wildman–Crippen LogP) is 4.09. The summed E-state index contributed by atoms with van der Waals surface area (Å²) in [5, 5.41) is 3.76. The molecule has 0 amide bonds. The van der Waals surface area contributed by atoms with Crippen LogP contribution in [-0.2, 0) is 0 Å². The van der Waals surface area contributed by atoms with E-state index in [4.69, 9.17) is 16.3 Å². The number of benzene rings is 1. The highest BCUT2D eigenvalue weighted by Gasteiger charge is 2.11. The summed E-state index contributed by atoms with van der Waals surface area (Å²) in [5.74, 6) is 1.54. The second kappa shape index (κ2) is 7.10. The largest absolute Gasteiger partial charge is 0.497 e. The maximum absolute atomic E-state index is 5.86. The Morgan fingerprint density at radius 1 is 1.25 bits per heavy atom. The van der Waals surface area contributed by atoms with Gasteiger partial charge < -0.3 is 10.1 Å². The average molecular weight is 292 g/mol. The molecule has 1 unspecified atom stereocenters. The summed E-state index contributed by atoms with van der Waals surface area (Å²) in [5.41, 5.74) is 1.19. The highest BCUT2D eigenvalue weighted by molar-refractivity contribution is 6.29. The van der Waals surface area contributed by atoms with Gasteiger partial charge in [0, 0.05) is 0 Å². The molecular weight excluding hydrogens is 274 g/mol. The van der Waals surface area contributed by atoms with Crippen molar-refractivity contribution in [2.45, 2.75) is 25.8 Å². The minimum atomic E-state index is 0.179. The highest BCUT2D eigenvalue weighted by atomic mass is 35.5. The van der Waals surface area contributed by atoms with Crippen LogP contribution in [0.25, 0.3) is 0 Å². The summed E-state index contributed by atoms with van der Waals surface area (Å²) in [6.45, 7) is 2.15. The van der Waals surface area contributed by atoms with E-state index in [1.165, 1.54) is 11.8 Å². The van der Waals surface area contributed by atoms with Crippen molar-refractivity contribution in [3.05, 3.63) is 47.4 Å². The van der Waals surface area contributed by atoms with E-state index in [-0.39, 0.29) is 6.04 Å². The predicted molar refractivity (Wildman–Crippen MR) is 81.3 cm³/mol. The van der Waals surface area contributed by atoms with E-state index in [1.807, 2.05) is 12.1 Å². The van der Waals surface area contributed by atoms with Crippen molar-refractivity contribution in [2.24, 2.45) is 0 Å². The molecule has 106 valence electrons. The molecule has 0 bridgehead atoms. The van der Waals surface area contributed by atoms with Crippen LogP contribution in [0.2, 0.25) is 5.15 Å². The number of aromatic nitrogens is 2. The van der Waals surface area contributed by atoms with Crippen LogP contribution in [-0.4, -0.2) is 17.1 Å². The molecule has 0 aliphatic carbocycles. The van der Waals surface area contributed by atoms with Gasteiger partial charge in [-0.2, -0.15) is 0 Å². The van der Waals surface area contributed by atoms with Crippen molar-refractivity contribution in [1.82, 2.24) is 9.97 Å². The van der Waals surface area contributed by atoms with Gasteiger partial charge in [-0.1, -0.05) is 37.1 Å². The molecule has 0 spiro atoms. The van der Waals surface area contributed by atoms with Crippen LogP contribution in [0.4, 0.5) is 5.82 Å². The van der Waals surface area contributed by atoms with Crippen molar-refractivity contribution in [3.8, 4) is 5.75 Å². The lowest BCUT2D eigenvalue weighted by Gasteiger charge is -2.19. The lowest BCUT2D eigenvalue weighted by molar-refractivity contribution is 0.414. The summed E-state index contributed by atoms with van der Waals surface area (Å²) in [6, 6.07) is 8.22. The fraction of sp³-hybridized carbons (Fsp3) is 0.333. The van der Waals surface area contributed by atoms with Gasteiger partial charge in [-0.05, 0) is 24.1 Å². The summed E-state index contributed by atoms with van der Waals surface area (Å²) in [7, 11) is 1.67. The van der Waals surface area contributed by atoms with Crippen LogP contribution in [0, 0.1) is 0 Å². The van der Waals surface area contributed by atoms with Crippen LogP contribution in [0.3, 0.4) is 0 Å². The van der Waals surface area contributed by atoms with E-state index < -0.39 is 0 Å². The van der Waals surface area contributed by atoms with E-state index in [0.29, 0.717) is 11.0 Å². The first-order valence-corrected chi connectivity index (χ1v) is 6.98. The normalized spacial score (nSPS) is 11.9. The molecule has 5 heteroatoms. The molecule has 0 saturated heterocycles. The number of ether oxygens (including phenoxy) is 1. The minimum absolute atomic E-state index is 0.179. The Morgan fingerprint density at radius 3 is 2.60 bits per heavy atom. The second-order valence-electron chi connectivity index (χ2n) is 4.49. The van der Waals surface area contributed by atoms with Crippen molar-refractivity contribution in [2.75, 3.05) is 12.4 Å². The topological polar surface area (TPSA) is 47.0 Å². The number of hydrogen-bond donors (Lipinski definition) is 1. The zero-order chi connectivity index (χ0) is 14.4. The van der Waals surface area contributed by atoms with Crippen molar-refractivity contribution in [3.63, 3.8) is 0 Å². The molecular formula is C15H18ClN3O. The summed E-state index contributed by atoms with van der Waals surface area (Å²) in [4.78, 5) is 8.26. The Balaban J connectivity index is 2.17. The molecule has 0 saturated carbocycles. The van der Waals surface area contributed by atoms with Gasteiger partial charge in [0.1, 0.15) is 16.7 Å². The van der Waals surface area contributed by atoms with Crippen LogP contribution in [0.5, 0.6) is 5.75 Å². The Labute approximate surface area is 124 Å². The summed E-state index contributed by atoms with van der Waals surface area (Å²) in [6.07, 6.45) is 5.27. The molecule has 1 heterocycles. The molecule has 1 atom stereocenters. The quantitative estimate of drug-likeness (QED) is 0.871. The molecule has 1 N–H and O–H groups in total. The summed E-state index contributed by atoms with van der Waals surface area (Å²) < 4.78 is 5.18. The third kappa shape index (κ3) is 3.84. The first-order valence-electron chi connectivity index (χ1n) is 6.61. The molecule has 0 fully saturated rings. The number of methoxy groups -OCH3 is 1. The molecule has 0 aliphatic heterocycles. The van der Waals surface area contributed by atoms with Crippen molar-refractivity contribution >= 4 is 17.4 Å². The smallest absolute Gasteiger partial charge is 0.149 e. The van der Waals surface area contributed by atoms with E-state index in [9.17, 15) is 0 Å². The van der Waals surface area contributed by atoms with Crippen molar-refractivity contribution in [1.29, 1.82) is 0 Å². The molecule has 20 heavy (non-hydrogen) atoms. The van der Waals surface area contributed by atoms with E-state index in [2.05, 4.69) is 34.3 Å². The van der Waals surface area contributed by atoms with Gasteiger partial charge in [0.15, 0.2) is 0 Å². The first kappa shape index (κ1) is 14.6. The van der Waals surface area contributed by atoms with Gasteiger partial charge in [0.25, 0.3) is 0 Å². The standard InChI is InChI=1S/C15H18ClN3O/c1-3-4-13(11-5-7-12(20-2)8-6-11)18-15-10-17-9-14(16)19-15/h5-10,13H,3-4H2,1-2H3,(H,18,19). The van der Waals surface area contributed by atoms with Crippen LogP contribution < -0.4 is 10.1 Å². The molecule has 2 rings (SSSR count). The third-order valence-electron chi connectivity index (χ3n) is 3.02. The van der Waals surface area contributed by atoms with Crippen LogP contribution in [0.1, 0.15) is 31.4 Å². The lowest BCUT2D eigenvalue weighted by atomic mass is 10.0. The Kier molecular flexibility index (Phi) is 5.18. The van der Waals surface area contributed by atoms with Gasteiger partial charge in [-0.25, -0.2) is 4.98 Å². The van der Waals surface area contributed by atoms with E-state index in [0.717, 1.165) is 18.6 Å².